The van der Waals surface area contributed by atoms with Gasteiger partial charge in [-0.25, -0.2) is 4.98 Å². The van der Waals surface area contributed by atoms with Crippen molar-refractivity contribution in [3.63, 3.8) is 0 Å². The predicted octanol–water partition coefficient (Wildman–Crippen LogP) is 5.02. The summed E-state index contributed by atoms with van der Waals surface area (Å²) in [5.41, 5.74) is 2.59. The Balaban J connectivity index is 1.68. The summed E-state index contributed by atoms with van der Waals surface area (Å²) in [6, 6.07) is 11.3. The van der Waals surface area contributed by atoms with Crippen LogP contribution < -0.4 is 0 Å². The summed E-state index contributed by atoms with van der Waals surface area (Å²) < 4.78 is 5.94. The number of phenolic OH excluding ortho intramolecular Hbond substituents is 1. The summed E-state index contributed by atoms with van der Waals surface area (Å²) in [5, 5.41) is 21.1. The van der Waals surface area contributed by atoms with E-state index in [9.17, 15) is 15.2 Å². The Hall–Kier alpha value is -3.59. The number of hydrogen-bond acceptors (Lipinski definition) is 7. The Kier molecular flexibility index (Phi) is 4.58. The van der Waals surface area contributed by atoms with Gasteiger partial charge in [-0.05, 0) is 46.3 Å². The number of aromatic nitrogens is 2. The number of nitro groups is 1. The summed E-state index contributed by atoms with van der Waals surface area (Å²) in [6.45, 7) is 0. The number of nitrogens with zero attached hydrogens (tertiary/aromatic N) is 4. The van der Waals surface area contributed by atoms with Crippen LogP contribution in [0.1, 0.15) is 5.56 Å². The number of nitro benzene ring substituents is 1. The molecular weight excluding hydrogens is 428 g/mol. The van der Waals surface area contributed by atoms with Crippen molar-refractivity contribution >= 4 is 44.6 Å². The largest absolute Gasteiger partial charge is 0.506 e. The molecule has 4 rings (SSSR count). The zero-order valence-electron chi connectivity index (χ0n) is 14.1. The number of phenols is 1. The number of rotatable bonds is 4. The van der Waals surface area contributed by atoms with E-state index in [-0.39, 0.29) is 21.5 Å². The maximum Gasteiger partial charge on any atom is 0.271 e. The molecule has 0 fully saturated rings. The lowest BCUT2D eigenvalue weighted by Gasteiger charge is -2.02. The second kappa shape index (κ2) is 7.20. The molecule has 0 unspecified atom stereocenters. The fourth-order valence-corrected chi connectivity index (χ4v) is 3.03. The Morgan fingerprint density at radius 2 is 2.11 bits per heavy atom. The highest BCUT2D eigenvalue weighted by Gasteiger charge is 2.14. The lowest BCUT2D eigenvalue weighted by Crippen LogP contribution is -1.91. The molecule has 8 nitrogen and oxygen atoms in total. The van der Waals surface area contributed by atoms with Crippen molar-refractivity contribution in [1.82, 2.24) is 9.97 Å². The van der Waals surface area contributed by atoms with E-state index in [1.165, 1.54) is 18.3 Å². The van der Waals surface area contributed by atoms with Crippen molar-refractivity contribution in [3.05, 3.63) is 75.0 Å². The molecule has 0 aliphatic carbocycles. The van der Waals surface area contributed by atoms with Crippen LogP contribution >= 0.6 is 15.9 Å². The van der Waals surface area contributed by atoms with Crippen molar-refractivity contribution in [3.8, 4) is 17.2 Å². The van der Waals surface area contributed by atoms with Gasteiger partial charge in [-0.15, -0.1) is 0 Å². The van der Waals surface area contributed by atoms with Crippen molar-refractivity contribution in [1.29, 1.82) is 0 Å². The summed E-state index contributed by atoms with van der Waals surface area (Å²) in [6.07, 6.45) is 4.68. The van der Waals surface area contributed by atoms with Crippen LogP contribution in [0, 0.1) is 10.1 Å². The normalized spacial score (nSPS) is 11.3. The number of benzene rings is 2. The molecule has 9 heteroatoms. The number of pyridine rings is 1. The van der Waals surface area contributed by atoms with Gasteiger partial charge in [0.1, 0.15) is 11.3 Å². The summed E-state index contributed by atoms with van der Waals surface area (Å²) in [4.78, 5) is 23.2. The molecule has 0 radical (unpaired) electrons. The van der Waals surface area contributed by atoms with E-state index in [4.69, 9.17) is 4.42 Å². The van der Waals surface area contributed by atoms with Crippen molar-refractivity contribution < 1.29 is 14.4 Å². The van der Waals surface area contributed by atoms with Crippen molar-refractivity contribution in [2.24, 2.45) is 4.99 Å². The molecule has 0 bridgehead atoms. The fourth-order valence-electron chi connectivity index (χ4n) is 2.56. The van der Waals surface area contributed by atoms with Crippen LogP contribution in [0.25, 0.3) is 22.6 Å². The third kappa shape index (κ3) is 3.47. The maximum absolute atomic E-state index is 11.0. The zero-order valence-corrected chi connectivity index (χ0v) is 15.7. The number of aliphatic imine (C=N–C) groups is 1. The summed E-state index contributed by atoms with van der Waals surface area (Å²) in [5.74, 6) is 0.320. The van der Waals surface area contributed by atoms with E-state index in [1.54, 1.807) is 36.7 Å². The van der Waals surface area contributed by atoms with Gasteiger partial charge >= 0.3 is 0 Å². The van der Waals surface area contributed by atoms with Crippen LogP contribution in [0.15, 0.2) is 68.7 Å². The molecule has 2 heterocycles. The molecule has 0 aliphatic heterocycles. The molecular formula is C19H11BrN4O4. The lowest BCUT2D eigenvalue weighted by atomic mass is 10.2. The molecule has 1 N–H and O–H groups in total. The fraction of sp³-hybridized carbons (Fsp3) is 0. The quantitative estimate of drug-likeness (QED) is 0.271. The van der Waals surface area contributed by atoms with E-state index in [1.807, 2.05) is 6.07 Å². The Morgan fingerprint density at radius 3 is 2.86 bits per heavy atom. The van der Waals surface area contributed by atoms with Crippen LogP contribution in [0.5, 0.6) is 5.75 Å². The average Bonchev–Trinajstić information content (AvgIpc) is 3.13. The Bertz CT molecular complexity index is 1220. The number of halogens is 1. The first kappa shape index (κ1) is 17.8. The van der Waals surface area contributed by atoms with Gasteiger partial charge in [0.25, 0.3) is 5.69 Å². The molecule has 0 aliphatic rings. The topological polar surface area (TPSA) is 115 Å². The van der Waals surface area contributed by atoms with Crippen LogP contribution in [0.3, 0.4) is 0 Å². The maximum atomic E-state index is 11.0. The highest BCUT2D eigenvalue weighted by atomic mass is 79.9. The number of oxazole rings is 1. The van der Waals surface area contributed by atoms with E-state index in [0.717, 1.165) is 5.56 Å². The van der Waals surface area contributed by atoms with Gasteiger partial charge in [-0.2, -0.15) is 0 Å². The van der Waals surface area contributed by atoms with E-state index < -0.39 is 4.92 Å². The van der Waals surface area contributed by atoms with Crippen molar-refractivity contribution in [2.75, 3.05) is 0 Å². The molecule has 2 aromatic heterocycles. The highest BCUT2D eigenvalue weighted by Crippen LogP contribution is 2.32. The minimum atomic E-state index is -0.539. The van der Waals surface area contributed by atoms with Gasteiger partial charge in [-0.1, -0.05) is 0 Å². The third-order valence-electron chi connectivity index (χ3n) is 3.92. The van der Waals surface area contributed by atoms with Crippen LogP contribution in [0.4, 0.5) is 11.4 Å². The first-order chi connectivity index (χ1) is 13.5. The Morgan fingerprint density at radius 1 is 1.25 bits per heavy atom. The monoisotopic (exact) mass is 438 g/mol. The molecule has 0 spiro atoms. The van der Waals surface area contributed by atoms with Gasteiger partial charge in [0.05, 0.1) is 20.6 Å². The molecule has 2 aromatic carbocycles. The highest BCUT2D eigenvalue weighted by molar-refractivity contribution is 9.10. The molecule has 0 atom stereocenters. The summed E-state index contributed by atoms with van der Waals surface area (Å²) in [7, 11) is 0. The average molecular weight is 439 g/mol. The minimum absolute atomic E-state index is 0.129. The summed E-state index contributed by atoms with van der Waals surface area (Å²) >= 11 is 3.11. The number of aromatic hydroxyl groups is 1. The lowest BCUT2D eigenvalue weighted by molar-refractivity contribution is -0.385. The number of hydrogen-bond donors (Lipinski definition) is 1. The second-order valence-electron chi connectivity index (χ2n) is 5.79. The molecule has 28 heavy (non-hydrogen) atoms. The van der Waals surface area contributed by atoms with Gasteiger partial charge in [0.15, 0.2) is 5.58 Å². The van der Waals surface area contributed by atoms with Crippen molar-refractivity contribution in [2.45, 2.75) is 0 Å². The van der Waals surface area contributed by atoms with Crippen LogP contribution in [0.2, 0.25) is 0 Å². The standard InChI is InChI=1S/C19H11BrN4O4/c20-15-8-14(24(26)27)6-12(18(15)25)10-22-13-3-4-17-16(7-13)23-19(28-17)11-2-1-5-21-9-11/h1-10,25H. The molecule has 0 saturated heterocycles. The first-order valence-corrected chi connectivity index (χ1v) is 8.82. The Labute approximate surface area is 166 Å². The van der Waals surface area contributed by atoms with Gasteiger partial charge in [0, 0.05) is 36.3 Å². The molecule has 0 amide bonds. The third-order valence-corrected chi connectivity index (χ3v) is 4.53. The van der Waals surface area contributed by atoms with E-state index >= 15 is 0 Å². The van der Waals surface area contributed by atoms with Crippen LogP contribution in [-0.2, 0) is 0 Å². The van der Waals surface area contributed by atoms with E-state index in [2.05, 4.69) is 30.9 Å². The van der Waals surface area contributed by atoms with Gasteiger partial charge in [-0.3, -0.25) is 20.1 Å². The number of non-ortho nitro benzene ring substituents is 1. The molecule has 138 valence electrons. The number of fused-ring (bicyclic) bond motifs is 1. The predicted molar refractivity (Wildman–Crippen MR) is 107 cm³/mol. The smallest absolute Gasteiger partial charge is 0.271 e. The minimum Gasteiger partial charge on any atom is -0.506 e. The van der Waals surface area contributed by atoms with Crippen LogP contribution in [-0.4, -0.2) is 26.2 Å². The van der Waals surface area contributed by atoms with Gasteiger partial charge < -0.3 is 9.52 Å². The van der Waals surface area contributed by atoms with Gasteiger partial charge in [0.2, 0.25) is 5.89 Å². The SMILES string of the molecule is O=[N+]([O-])c1cc(Br)c(O)c(C=Nc2ccc3oc(-c4cccnc4)nc3c2)c1. The zero-order chi connectivity index (χ0) is 19.7. The molecule has 4 aromatic rings. The first-order valence-electron chi connectivity index (χ1n) is 8.03. The molecule has 0 saturated carbocycles. The van der Waals surface area contributed by atoms with E-state index in [0.29, 0.717) is 22.7 Å². The second-order valence-corrected chi connectivity index (χ2v) is 6.65.